The number of hydrogen-bond donors (Lipinski definition) is 2. The maximum atomic E-state index is 13.0. The minimum Gasteiger partial charge on any atom is -0.381 e. The molecule has 7 nitrogen and oxygen atoms in total. The van der Waals surface area contributed by atoms with Crippen LogP contribution in [0.25, 0.3) is 11.0 Å². The monoisotopic (exact) mass is 328 g/mol. The third-order valence-electron chi connectivity index (χ3n) is 5.34. The molecule has 2 aromatic heterocycles. The second kappa shape index (κ2) is 5.59. The first-order chi connectivity index (χ1) is 11.7. The number of fused-ring (bicyclic) bond motifs is 2. The molecule has 0 radical (unpaired) electrons. The third kappa shape index (κ3) is 2.11. The highest BCUT2D eigenvalue weighted by molar-refractivity contribution is 6.05. The van der Waals surface area contributed by atoms with Crippen molar-refractivity contribution in [2.24, 2.45) is 11.3 Å². The van der Waals surface area contributed by atoms with E-state index in [1.807, 2.05) is 12.1 Å². The van der Waals surface area contributed by atoms with Gasteiger partial charge in [-0.15, -0.1) is 0 Å². The quantitative estimate of drug-likeness (QED) is 0.853. The first kappa shape index (κ1) is 15.1. The molecule has 4 rings (SSSR count). The molecule has 2 aliphatic heterocycles. The number of H-pyrrole nitrogens is 1. The number of nitrogens with zero attached hydrogens (tertiary/aromatic N) is 2. The van der Waals surface area contributed by atoms with Gasteiger partial charge >= 0.3 is 0 Å². The lowest BCUT2D eigenvalue weighted by Gasteiger charge is -2.36. The molecule has 2 fully saturated rings. The smallest absolute Gasteiger partial charge is 0.257 e. The molecule has 0 bridgehead atoms. The number of pyridine rings is 1. The number of carbonyl (C=O) groups excluding carboxylic acids is 2. The van der Waals surface area contributed by atoms with Crippen LogP contribution in [0.4, 0.5) is 0 Å². The lowest BCUT2D eigenvalue weighted by Crippen LogP contribution is -2.49. The van der Waals surface area contributed by atoms with Crippen LogP contribution in [0.15, 0.2) is 24.5 Å². The van der Waals surface area contributed by atoms with E-state index in [4.69, 9.17) is 4.74 Å². The molecule has 2 saturated heterocycles. The maximum Gasteiger partial charge on any atom is 0.257 e. The summed E-state index contributed by atoms with van der Waals surface area (Å²) >= 11 is 0. The van der Waals surface area contributed by atoms with E-state index in [0.29, 0.717) is 43.8 Å². The molecule has 2 amide bonds. The van der Waals surface area contributed by atoms with E-state index in [0.717, 1.165) is 5.52 Å². The molecule has 2 aliphatic rings. The van der Waals surface area contributed by atoms with Crippen LogP contribution < -0.4 is 5.32 Å². The zero-order valence-electron chi connectivity index (χ0n) is 13.5. The van der Waals surface area contributed by atoms with E-state index in [2.05, 4.69) is 15.3 Å². The van der Waals surface area contributed by atoms with Gasteiger partial charge in [0.25, 0.3) is 5.91 Å². The number of likely N-dealkylation sites (tertiary alicyclic amines) is 1. The van der Waals surface area contributed by atoms with Gasteiger partial charge in [0.15, 0.2) is 0 Å². The van der Waals surface area contributed by atoms with E-state index in [1.165, 1.54) is 0 Å². The number of rotatable bonds is 2. The Morgan fingerprint density at radius 1 is 1.50 bits per heavy atom. The molecule has 4 heterocycles. The van der Waals surface area contributed by atoms with Crippen LogP contribution in [0.3, 0.4) is 0 Å². The topological polar surface area (TPSA) is 87.3 Å². The second-order valence-corrected chi connectivity index (χ2v) is 6.54. The zero-order valence-corrected chi connectivity index (χ0v) is 13.5. The fourth-order valence-electron chi connectivity index (χ4n) is 4.01. The van der Waals surface area contributed by atoms with Gasteiger partial charge in [-0.1, -0.05) is 0 Å². The highest BCUT2D eigenvalue weighted by Gasteiger charge is 2.54. The molecule has 0 spiro atoms. The Hall–Kier alpha value is -2.41. The molecule has 24 heavy (non-hydrogen) atoms. The Morgan fingerprint density at radius 2 is 2.38 bits per heavy atom. The number of aromatic amines is 1. The van der Waals surface area contributed by atoms with Gasteiger partial charge in [-0.05, 0) is 18.6 Å². The van der Waals surface area contributed by atoms with E-state index in [9.17, 15) is 9.59 Å². The molecule has 126 valence electrons. The van der Waals surface area contributed by atoms with Gasteiger partial charge < -0.3 is 19.9 Å². The van der Waals surface area contributed by atoms with Crippen LogP contribution >= 0.6 is 0 Å². The van der Waals surface area contributed by atoms with Gasteiger partial charge in [0.1, 0.15) is 5.52 Å². The van der Waals surface area contributed by atoms with Crippen molar-refractivity contribution >= 4 is 22.8 Å². The Bertz CT molecular complexity index is 802. The second-order valence-electron chi connectivity index (χ2n) is 6.54. The van der Waals surface area contributed by atoms with Crippen LogP contribution in [0, 0.1) is 11.3 Å². The minimum atomic E-state index is -0.539. The first-order valence-electron chi connectivity index (χ1n) is 8.17. The number of carbonyl (C=O) groups is 2. The minimum absolute atomic E-state index is 0.00292. The standard InChI is InChI=1S/C17H20N4O3/c1-18-16(23)17-4-6-24-9-11(17)8-21(10-17)15(22)12-7-20-13-3-2-5-19-14(12)13/h2-3,5,7,11,20H,4,6,8-10H2,1H3,(H,18,23)/t11-,17+/m1/s1. The van der Waals surface area contributed by atoms with Crippen molar-refractivity contribution in [3.05, 3.63) is 30.1 Å². The van der Waals surface area contributed by atoms with E-state index in [-0.39, 0.29) is 17.7 Å². The Labute approximate surface area is 139 Å². The van der Waals surface area contributed by atoms with Crippen molar-refractivity contribution < 1.29 is 14.3 Å². The summed E-state index contributed by atoms with van der Waals surface area (Å²) in [6.07, 6.45) is 4.02. The highest BCUT2D eigenvalue weighted by Crippen LogP contribution is 2.43. The molecule has 7 heteroatoms. The molecule has 2 atom stereocenters. The lowest BCUT2D eigenvalue weighted by molar-refractivity contribution is -0.138. The molecular formula is C17H20N4O3. The third-order valence-corrected chi connectivity index (χ3v) is 5.34. The van der Waals surface area contributed by atoms with Crippen LogP contribution in [0.1, 0.15) is 16.8 Å². The lowest BCUT2D eigenvalue weighted by atomic mass is 9.73. The fraction of sp³-hybridized carbons (Fsp3) is 0.471. The SMILES string of the molecule is CNC(=O)[C@]12CCOC[C@H]1CN(C(=O)c1c[nH]c3cccnc13)C2. The number of amides is 2. The maximum absolute atomic E-state index is 13.0. The van der Waals surface area contributed by atoms with Crippen LogP contribution in [0.5, 0.6) is 0 Å². The molecule has 0 aromatic carbocycles. The van der Waals surface area contributed by atoms with Gasteiger partial charge in [0, 0.05) is 45.1 Å². The normalized spacial score (nSPS) is 26.4. The van der Waals surface area contributed by atoms with Gasteiger partial charge in [0.2, 0.25) is 5.91 Å². The zero-order chi connectivity index (χ0) is 16.7. The van der Waals surface area contributed by atoms with Gasteiger partial charge in [-0.3, -0.25) is 14.6 Å². The van der Waals surface area contributed by atoms with Crippen molar-refractivity contribution in [1.82, 2.24) is 20.2 Å². The van der Waals surface area contributed by atoms with Crippen LogP contribution in [0.2, 0.25) is 0 Å². The highest BCUT2D eigenvalue weighted by atomic mass is 16.5. The molecule has 0 saturated carbocycles. The molecule has 0 aliphatic carbocycles. The van der Waals surface area contributed by atoms with Gasteiger partial charge in [-0.25, -0.2) is 0 Å². The number of ether oxygens (including phenoxy) is 1. The summed E-state index contributed by atoms with van der Waals surface area (Å²) in [4.78, 5) is 34.7. The van der Waals surface area contributed by atoms with Crippen molar-refractivity contribution in [2.75, 3.05) is 33.4 Å². The fourth-order valence-corrected chi connectivity index (χ4v) is 4.01. The largest absolute Gasteiger partial charge is 0.381 e. The molecule has 0 unspecified atom stereocenters. The predicted molar refractivity (Wildman–Crippen MR) is 87.4 cm³/mol. The van der Waals surface area contributed by atoms with E-state index >= 15 is 0 Å². The summed E-state index contributed by atoms with van der Waals surface area (Å²) < 4.78 is 5.56. The molecular weight excluding hydrogens is 308 g/mol. The van der Waals surface area contributed by atoms with Crippen molar-refractivity contribution in [3.8, 4) is 0 Å². The summed E-state index contributed by atoms with van der Waals surface area (Å²) in [5.74, 6) is -0.0471. The van der Waals surface area contributed by atoms with Gasteiger partial charge in [0.05, 0.1) is 23.1 Å². The van der Waals surface area contributed by atoms with E-state index in [1.54, 1.807) is 24.3 Å². The Kier molecular flexibility index (Phi) is 3.53. The number of aromatic nitrogens is 2. The average molecular weight is 328 g/mol. The predicted octanol–water partition coefficient (Wildman–Crippen LogP) is 0.788. The van der Waals surface area contributed by atoms with Gasteiger partial charge in [-0.2, -0.15) is 0 Å². The molecule has 2 aromatic rings. The summed E-state index contributed by atoms with van der Waals surface area (Å²) in [6, 6.07) is 3.72. The van der Waals surface area contributed by atoms with Crippen molar-refractivity contribution in [1.29, 1.82) is 0 Å². The summed E-state index contributed by atoms with van der Waals surface area (Å²) in [5, 5.41) is 2.77. The van der Waals surface area contributed by atoms with Crippen molar-refractivity contribution in [3.63, 3.8) is 0 Å². The number of nitrogens with one attached hydrogen (secondary N) is 2. The Morgan fingerprint density at radius 3 is 3.21 bits per heavy atom. The summed E-state index contributed by atoms with van der Waals surface area (Å²) in [7, 11) is 1.65. The van der Waals surface area contributed by atoms with E-state index < -0.39 is 5.41 Å². The average Bonchev–Trinajstić information content (AvgIpc) is 3.22. The summed E-state index contributed by atoms with van der Waals surface area (Å²) in [5.41, 5.74) is 1.52. The van der Waals surface area contributed by atoms with Crippen molar-refractivity contribution in [2.45, 2.75) is 6.42 Å². The first-order valence-corrected chi connectivity index (χ1v) is 8.17. The summed E-state index contributed by atoms with van der Waals surface area (Å²) in [6.45, 7) is 2.04. The Balaban J connectivity index is 1.66. The van der Waals surface area contributed by atoms with Crippen LogP contribution in [-0.2, 0) is 9.53 Å². The van der Waals surface area contributed by atoms with Crippen LogP contribution in [-0.4, -0.2) is 60.0 Å². The number of hydrogen-bond acceptors (Lipinski definition) is 4. The molecule has 2 N–H and O–H groups in total.